The van der Waals surface area contributed by atoms with Crippen molar-refractivity contribution in [2.24, 2.45) is 0 Å². The summed E-state index contributed by atoms with van der Waals surface area (Å²) in [5.41, 5.74) is 1.69. The molecule has 0 aromatic carbocycles. The molecule has 0 atom stereocenters. The predicted molar refractivity (Wildman–Crippen MR) is 80.8 cm³/mol. The van der Waals surface area contributed by atoms with Crippen molar-refractivity contribution in [1.29, 1.82) is 0 Å². The second kappa shape index (κ2) is 6.41. The van der Waals surface area contributed by atoms with Crippen molar-refractivity contribution in [1.82, 2.24) is 14.7 Å². The Morgan fingerprint density at radius 2 is 2.33 bits per heavy atom. The molecule has 1 aliphatic heterocycles. The second-order valence-corrected chi connectivity index (χ2v) is 6.29. The van der Waals surface area contributed by atoms with Gasteiger partial charge in [-0.2, -0.15) is 5.10 Å². The summed E-state index contributed by atoms with van der Waals surface area (Å²) in [6.07, 6.45) is 2.47. The summed E-state index contributed by atoms with van der Waals surface area (Å²) in [6, 6.07) is 6.04. The standard InChI is InChI=1S/C15H19N3O2S/c19-11-12-9-13-10-17(6-7-18(13)16-12)15(20)5-1-3-14-4-2-8-21-14/h2,4,8-9,19H,1,3,5-7,10-11H2. The lowest BCUT2D eigenvalue weighted by Crippen LogP contribution is -2.38. The molecular formula is C15H19N3O2S. The molecular weight excluding hydrogens is 286 g/mol. The number of nitrogens with zero attached hydrogens (tertiary/aromatic N) is 3. The Morgan fingerprint density at radius 3 is 3.10 bits per heavy atom. The zero-order chi connectivity index (χ0) is 14.7. The lowest BCUT2D eigenvalue weighted by molar-refractivity contribution is -0.132. The molecule has 0 aliphatic carbocycles. The summed E-state index contributed by atoms with van der Waals surface area (Å²) in [5, 5.41) is 15.5. The van der Waals surface area contributed by atoms with Gasteiger partial charge < -0.3 is 10.0 Å². The monoisotopic (exact) mass is 305 g/mol. The van der Waals surface area contributed by atoms with Crippen molar-refractivity contribution in [3.8, 4) is 0 Å². The van der Waals surface area contributed by atoms with Crippen LogP contribution >= 0.6 is 11.3 Å². The maximum absolute atomic E-state index is 12.3. The zero-order valence-electron chi connectivity index (χ0n) is 11.9. The Morgan fingerprint density at radius 1 is 1.43 bits per heavy atom. The van der Waals surface area contributed by atoms with E-state index in [1.54, 1.807) is 11.3 Å². The fourth-order valence-electron chi connectivity index (χ4n) is 2.64. The first-order valence-corrected chi connectivity index (χ1v) is 8.11. The first-order valence-electron chi connectivity index (χ1n) is 7.23. The largest absolute Gasteiger partial charge is 0.390 e. The highest BCUT2D eigenvalue weighted by atomic mass is 32.1. The lowest BCUT2D eigenvalue weighted by Gasteiger charge is -2.27. The number of thiophene rings is 1. The first kappa shape index (κ1) is 14.3. The minimum Gasteiger partial charge on any atom is -0.390 e. The van der Waals surface area contributed by atoms with E-state index in [2.05, 4.69) is 16.5 Å². The number of aryl methyl sites for hydroxylation is 1. The van der Waals surface area contributed by atoms with E-state index in [1.165, 1.54) is 4.88 Å². The van der Waals surface area contributed by atoms with Gasteiger partial charge in [0.05, 0.1) is 31.1 Å². The Hall–Kier alpha value is -1.66. The van der Waals surface area contributed by atoms with Crippen LogP contribution in [-0.2, 0) is 30.9 Å². The number of aromatic nitrogens is 2. The van der Waals surface area contributed by atoms with Gasteiger partial charge in [-0.25, -0.2) is 0 Å². The van der Waals surface area contributed by atoms with Gasteiger partial charge in [-0.3, -0.25) is 9.48 Å². The molecule has 0 unspecified atom stereocenters. The van der Waals surface area contributed by atoms with Crippen molar-refractivity contribution in [3.05, 3.63) is 39.8 Å². The summed E-state index contributed by atoms with van der Waals surface area (Å²) < 4.78 is 1.89. The number of fused-ring (bicyclic) bond motifs is 1. The molecule has 0 saturated heterocycles. The first-order chi connectivity index (χ1) is 10.3. The van der Waals surface area contributed by atoms with Gasteiger partial charge in [0.15, 0.2) is 0 Å². The SMILES string of the molecule is O=C(CCCc1cccs1)N1CCn2nc(CO)cc2C1. The van der Waals surface area contributed by atoms with E-state index in [0.717, 1.165) is 18.5 Å². The topological polar surface area (TPSA) is 58.4 Å². The fraction of sp³-hybridized carbons (Fsp3) is 0.467. The Bertz CT molecular complexity index is 606. The minimum absolute atomic E-state index is 0.0469. The quantitative estimate of drug-likeness (QED) is 0.916. The van der Waals surface area contributed by atoms with Gasteiger partial charge in [-0.1, -0.05) is 6.07 Å². The minimum atomic E-state index is -0.0469. The van der Waals surface area contributed by atoms with E-state index < -0.39 is 0 Å². The maximum atomic E-state index is 12.3. The van der Waals surface area contributed by atoms with Gasteiger partial charge in [0.1, 0.15) is 0 Å². The fourth-order valence-corrected chi connectivity index (χ4v) is 3.39. The molecule has 0 fully saturated rings. The number of hydrogen-bond acceptors (Lipinski definition) is 4. The number of aliphatic hydroxyl groups excluding tert-OH is 1. The summed E-state index contributed by atoms with van der Waals surface area (Å²) in [5.74, 6) is 0.213. The van der Waals surface area contributed by atoms with Crippen LogP contribution in [0.5, 0.6) is 0 Å². The normalized spacial score (nSPS) is 14.2. The summed E-state index contributed by atoms with van der Waals surface area (Å²) in [7, 11) is 0. The van der Waals surface area contributed by atoms with Crippen LogP contribution in [0.3, 0.4) is 0 Å². The van der Waals surface area contributed by atoms with Gasteiger partial charge in [0.25, 0.3) is 0 Å². The smallest absolute Gasteiger partial charge is 0.222 e. The number of carbonyl (C=O) groups excluding carboxylic acids is 1. The van der Waals surface area contributed by atoms with E-state index >= 15 is 0 Å². The molecule has 2 aromatic rings. The molecule has 21 heavy (non-hydrogen) atoms. The number of hydrogen-bond donors (Lipinski definition) is 1. The van der Waals surface area contributed by atoms with Crippen LogP contribution in [-0.4, -0.2) is 32.2 Å². The third-order valence-corrected chi connectivity index (χ3v) is 4.69. The van der Waals surface area contributed by atoms with Crippen molar-refractivity contribution in [3.63, 3.8) is 0 Å². The molecule has 1 N–H and O–H groups in total. The van der Waals surface area contributed by atoms with Crippen LogP contribution < -0.4 is 0 Å². The van der Waals surface area contributed by atoms with Crippen LogP contribution in [0.2, 0.25) is 0 Å². The van der Waals surface area contributed by atoms with Crippen LogP contribution in [0.15, 0.2) is 23.6 Å². The maximum Gasteiger partial charge on any atom is 0.222 e. The van der Waals surface area contributed by atoms with Crippen LogP contribution in [0, 0.1) is 0 Å². The Kier molecular flexibility index (Phi) is 4.36. The van der Waals surface area contributed by atoms with E-state index in [9.17, 15) is 4.79 Å². The molecule has 1 amide bonds. The van der Waals surface area contributed by atoms with E-state index in [1.807, 2.05) is 21.7 Å². The van der Waals surface area contributed by atoms with Crippen molar-refractivity contribution < 1.29 is 9.90 Å². The van der Waals surface area contributed by atoms with Crippen molar-refractivity contribution in [2.45, 2.75) is 39.0 Å². The molecule has 1 aliphatic rings. The third-order valence-electron chi connectivity index (χ3n) is 3.76. The van der Waals surface area contributed by atoms with E-state index in [0.29, 0.717) is 31.7 Å². The van der Waals surface area contributed by atoms with Crippen molar-refractivity contribution in [2.75, 3.05) is 6.54 Å². The number of rotatable bonds is 5. The van der Waals surface area contributed by atoms with E-state index in [-0.39, 0.29) is 12.5 Å². The highest BCUT2D eigenvalue weighted by Crippen LogP contribution is 2.16. The van der Waals surface area contributed by atoms with Crippen molar-refractivity contribution >= 4 is 17.2 Å². The van der Waals surface area contributed by atoms with Gasteiger partial charge in [-0.15, -0.1) is 11.3 Å². The predicted octanol–water partition coefficient (Wildman–Crippen LogP) is 1.80. The lowest BCUT2D eigenvalue weighted by atomic mass is 10.2. The summed E-state index contributed by atoms with van der Waals surface area (Å²) in [4.78, 5) is 15.5. The molecule has 3 heterocycles. The van der Waals surface area contributed by atoms with Gasteiger partial charge in [0.2, 0.25) is 5.91 Å². The molecule has 0 radical (unpaired) electrons. The molecule has 112 valence electrons. The molecule has 6 heteroatoms. The Labute approximate surface area is 127 Å². The van der Waals surface area contributed by atoms with Crippen LogP contribution in [0.1, 0.15) is 29.1 Å². The molecule has 3 rings (SSSR count). The molecule has 0 bridgehead atoms. The number of aliphatic hydroxyl groups is 1. The molecule has 0 spiro atoms. The number of amides is 1. The highest BCUT2D eigenvalue weighted by Gasteiger charge is 2.21. The van der Waals surface area contributed by atoms with Gasteiger partial charge >= 0.3 is 0 Å². The molecule has 0 saturated carbocycles. The average Bonchev–Trinajstić information content (AvgIpc) is 3.14. The highest BCUT2D eigenvalue weighted by molar-refractivity contribution is 7.09. The summed E-state index contributed by atoms with van der Waals surface area (Å²) >= 11 is 1.75. The molecule has 5 nitrogen and oxygen atoms in total. The number of carbonyl (C=O) groups is 1. The van der Waals surface area contributed by atoms with E-state index in [4.69, 9.17) is 5.11 Å². The average molecular weight is 305 g/mol. The molecule has 2 aromatic heterocycles. The van der Waals surface area contributed by atoms with Gasteiger partial charge in [0, 0.05) is 17.8 Å². The second-order valence-electron chi connectivity index (χ2n) is 5.26. The summed E-state index contributed by atoms with van der Waals surface area (Å²) in [6.45, 7) is 1.98. The third kappa shape index (κ3) is 3.33. The Balaban J connectivity index is 1.51. The van der Waals surface area contributed by atoms with Crippen LogP contribution in [0.4, 0.5) is 0 Å². The van der Waals surface area contributed by atoms with Gasteiger partial charge in [-0.05, 0) is 30.4 Å². The zero-order valence-corrected chi connectivity index (χ0v) is 12.7. The van der Waals surface area contributed by atoms with Crippen LogP contribution in [0.25, 0.3) is 0 Å².